The summed E-state index contributed by atoms with van der Waals surface area (Å²) in [5.74, 6) is -1.15. The van der Waals surface area contributed by atoms with Gasteiger partial charge in [0.1, 0.15) is 18.8 Å². The minimum atomic E-state index is -0.434. The molecule has 0 radical (unpaired) electrons. The number of benzene rings is 2. The van der Waals surface area contributed by atoms with Crippen LogP contribution in [-0.4, -0.2) is 58.3 Å². The van der Waals surface area contributed by atoms with Gasteiger partial charge in [0, 0.05) is 17.4 Å². The maximum Gasteiger partial charge on any atom is 0.277 e. The normalized spacial score (nSPS) is 14.7. The summed E-state index contributed by atoms with van der Waals surface area (Å²) in [7, 11) is 0. The molecule has 3 amide bonds. The lowest BCUT2D eigenvalue weighted by atomic mass is 10.1. The lowest BCUT2D eigenvalue weighted by Gasteiger charge is -2.31. The molecule has 3 aromatic rings. The Labute approximate surface area is 187 Å². The molecule has 0 bridgehead atoms. The van der Waals surface area contributed by atoms with E-state index >= 15 is 0 Å². The molecule has 1 atom stereocenters. The summed E-state index contributed by atoms with van der Waals surface area (Å²) in [5, 5.41) is 3.84. The standard InChI is InChI=1S/C25H28N4O3/c1-3-27(4-2)22(18-10-6-5-7-11-18)15-26-23(30)16-29-24(31)17-28-20-13-9-8-12-19(20)14-21(28)25(29)32/h5-14,22H,3-4,15-17H2,1-2H3,(H,26,30)/t22-/m0/s1. The third kappa shape index (κ3) is 4.16. The van der Waals surface area contributed by atoms with E-state index in [1.54, 1.807) is 10.6 Å². The molecule has 1 aromatic heterocycles. The first-order valence-corrected chi connectivity index (χ1v) is 11.0. The highest BCUT2D eigenvalue weighted by atomic mass is 16.2. The molecule has 0 aliphatic carbocycles. The molecule has 1 aliphatic heterocycles. The molecule has 0 saturated carbocycles. The molecule has 0 unspecified atom stereocenters. The Morgan fingerprint density at radius 3 is 2.44 bits per heavy atom. The van der Waals surface area contributed by atoms with E-state index in [2.05, 4.69) is 24.1 Å². The van der Waals surface area contributed by atoms with Gasteiger partial charge in [0.2, 0.25) is 11.8 Å². The highest BCUT2D eigenvalue weighted by Gasteiger charge is 2.33. The zero-order valence-electron chi connectivity index (χ0n) is 18.5. The van der Waals surface area contributed by atoms with Crippen LogP contribution in [0.1, 0.15) is 35.9 Å². The van der Waals surface area contributed by atoms with Gasteiger partial charge in [0.25, 0.3) is 5.91 Å². The summed E-state index contributed by atoms with van der Waals surface area (Å²) < 4.78 is 1.72. The van der Waals surface area contributed by atoms with Crippen molar-refractivity contribution in [3.8, 4) is 0 Å². The fourth-order valence-electron chi connectivity index (χ4n) is 4.40. The highest BCUT2D eigenvalue weighted by Crippen LogP contribution is 2.24. The number of hydrogen-bond donors (Lipinski definition) is 1. The number of aromatic nitrogens is 1. The van der Waals surface area contributed by atoms with Gasteiger partial charge in [0.05, 0.1) is 6.04 Å². The largest absolute Gasteiger partial charge is 0.353 e. The van der Waals surface area contributed by atoms with Crippen LogP contribution >= 0.6 is 0 Å². The number of imide groups is 1. The number of nitrogens with zero attached hydrogens (tertiary/aromatic N) is 3. The zero-order valence-corrected chi connectivity index (χ0v) is 18.5. The first kappa shape index (κ1) is 21.8. The molecular weight excluding hydrogens is 404 g/mol. The van der Waals surface area contributed by atoms with E-state index < -0.39 is 5.91 Å². The molecule has 32 heavy (non-hydrogen) atoms. The van der Waals surface area contributed by atoms with Crippen molar-refractivity contribution in [2.75, 3.05) is 26.2 Å². The smallest absolute Gasteiger partial charge is 0.277 e. The second-order valence-corrected chi connectivity index (χ2v) is 7.91. The molecular formula is C25H28N4O3. The summed E-state index contributed by atoms with van der Waals surface area (Å²) in [4.78, 5) is 41.8. The van der Waals surface area contributed by atoms with Crippen molar-refractivity contribution in [3.63, 3.8) is 0 Å². The molecule has 1 aliphatic rings. The second kappa shape index (κ2) is 9.36. The van der Waals surface area contributed by atoms with Crippen molar-refractivity contribution >= 4 is 28.6 Å². The van der Waals surface area contributed by atoms with Gasteiger partial charge in [-0.1, -0.05) is 62.4 Å². The number of carbonyl (C=O) groups is 3. The van der Waals surface area contributed by atoms with Gasteiger partial charge in [-0.3, -0.25) is 24.2 Å². The van der Waals surface area contributed by atoms with Crippen LogP contribution in [0.25, 0.3) is 10.9 Å². The van der Waals surface area contributed by atoms with Gasteiger partial charge in [0.15, 0.2) is 0 Å². The molecule has 0 fully saturated rings. The van der Waals surface area contributed by atoms with Crippen LogP contribution in [0.3, 0.4) is 0 Å². The predicted octanol–water partition coefficient (Wildman–Crippen LogP) is 2.82. The van der Waals surface area contributed by atoms with Gasteiger partial charge in [-0.25, -0.2) is 0 Å². The van der Waals surface area contributed by atoms with Gasteiger partial charge in [-0.15, -0.1) is 0 Å². The summed E-state index contributed by atoms with van der Waals surface area (Å²) in [6, 6.07) is 19.4. The molecule has 0 spiro atoms. The first-order chi connectivity index (χ1) is 15.5. The minimum absolute atomic E-state index is 0.0189. The van der Waals surface area contributed by atoms with Crippen molar-refractivity contribution in [1.29, 1.82) is 0 Å². The monoisotopic (exact) mass is 432 g/mol. The average Bonchev–Trinajstić information content (AvgIpc) is 3.18. The number of hydrogen-bond acceptors (Lipinski definition) is 4. The second-order valence-electron chi connectivity index (χ2n) is 7.91. The summed E-state index contributed by atoms with van der Waals surface area (Å²) in [5.41, 5.74) is 2.40. The van der Waals surface area contributed by atoms with Gasteiger partial charge >= 0.3 is 0 Å². The van der Waals surface area contributed by atoms with Crippen LogP contribution in [0.15, 0.2) is 60.7 Å². The van der Waals surface area contributed by atoms with E-state index in [4.69, 9.17) is 0 Å². The Bertz CT molecular complexity index is 1130. The molecule has 1 N–H and O–H groups in total. The maximum atomic E-state index is 13.0. The molecule has 166 valence electrons. The lowest BCUT2D eigenvalue weighted by Crippen LogP contribution is -2.50. The van der Waals surface area contributed by atoms with Crippen molar-refractivity contribution in [3.05, 3.63) is 71.9 Å². The number of fused-ring (bicyclic) bond motifs is 3. The molecule has 2 aromatic carbocycles. The summed E-state index contributed by atoms with van der Waals surface area (Å²) in [6.07, 6.45) is 0. The van der Waals surface area contributed by atoms with E-state index in [9.17, 15) is 14.4 Å². The van der Waals surface area contributed by atoms with E-state index in [1.165, 1.54) is 0 Å². The molecule has 2 heterocycles. The van der Waals surface area contributed by atoms with Crippen LogP contribution < -0.4 is 5.32 Å². The fraction of sp³-hybridized carbons (Fsp3) is 0.320. The van der Waals surface area contributed by atoms with Gasteiger partial charge in [-0.05, 0) is 30.8 Å². The number of para-hydroxylation sites is 1. The van der Waals surface area contributed by atoms with Crippen molar-refractivity contribution in [1.82, 2.24) is 19.7 Å². The van der Waals surface area contributed by atoms with Crippen LogP contribution in [-0.2, 0) is 16.1 Å². The first-order valence-electron chi connectivity index (χ1n) is 11.0. The third-order valence-corrected chi connectivity index (χ3v) is 6.10. The van der Waals surface area contributed by atoms with Gasteiger partial charge in [-0.2, -0.15) is 0 Å². The molecule has 7 nitrogen and oxygen atoms in total. The van der Waals surface area contributed by atoms with E-state index in [-0.39, 0.29) is 30.9 Å². The Morgan fingerprint density at radius 1 is 1.03 bits per heavy atom. The lowest BCUT2D eigenvalue weighted by molar-refractivity contribution is -0.134. The number of nitrogens with one attached hydrogen (secondary N) is 1. The molecule has 0 saturated heterocycles. The molecule has 7 heteroatoms. The van der Waals surface area contributed by atoms with Crippen LogP contribution in [0.5, 0.6) is 0 Å². The number of rotatable bonds is 8. The quantitative estimate of drug-likeness (QED) is 0.556. The molecule has 4 rings (SSSR count). The van der Waals surface area contributed by atoms with E-state index in [1.807, 2.05) is 54.6 Å². The SMILES string of the molecule is CCN(CC)[C@@H](CNC(=O)CN1C(=O)Cn2c(cc3ccccc32)C1=O)c1ccccc1. The fourth-order valence-corrected chi connectivity index (χ4v) is 4.40. The Balaban J connectivity index is 1.46. The van der Waals surface area contributed by atoms with E-state index in [0.29, 0.717) is 12.2 Å². The van der Waals surface area contributed by atoms with Crippen LogP contribution in [0, 0.1) is 0 Å². The Hall–Kier alpha value is -3.45. The van der Waals surface area contributed by atoms with E-state index in [0.717, 1.165) is 34.5 Å². The minimum Gasteiger partial charge on any atom is -0.353 e. The van der Waals surface area contributed by atoms with Crippen molar-refractivity contribution in [2.45, 2.75) is 26.4 Å². The third-order valence-electron chi connectivity index (χ3n) is 6.10. The Morgan fingerprint density at radius 2 is 1.72 bits per heavy atom. The van der Waals surface area contributed by atoms with Crippen LogP contribution in [0.4, 0.5) is 0 Å². The van der Waals surface area contributed by atoms with Crippen molar-refractivity contribution in [2.24, 2.45) is 0 Å². The topological polar surface area (TPSA) is 74.7 Å². The maximum absolute atomic E-state index is 13.0. The predicted molar refractivity (Wildman–Crippen MR) is 123 cm³/mol. The number of likely N-dealkylation sites (N-methyl/N-ethyl adjacent to an activating group) is 1. The average molecular weight is 433 g/mol. The van der Waals surface area contributed by atoms with Gasteiger partial charge < -0.3 is 9.88 Å². The van der Waals surface area contributed by atoms with Crippen LogP contribution in [0.2, 0.25) is 0 Å². The summed E-state index contributed by atoms with van der Waals surface area (Å²) >= 11 is 0. The highest BCUT2D eigenvalue weighted by molar-refractivity contribution is 6.11. The Kier molecular flexibility index (Phi) is 6.37. The zero-order chi connectivity index (χ0) is 22.7. The van der Waals surface area contributed by atoms with Crippen molar-refractivity contribution < 1.29 is 14.4 Å². The number of amides is 3. The number of carbonyl (C=O) groups excluding carboxylic acids is 3. The summed E-state index contributed by atoms with van der Waals surface area (Å²) in [6.45, 7) is 6.05.